The molecule has 0 bridgehead atoms. The predicted octanol–water partition coefficient (Wildman–Crippen LogP) is -1.63. The van der Waals surface area contributed by atoms with E-state index >= 15 is 0 Å². The monoisotopic (exact) mass is 267 g/mol. The van der Waals surface area contributed by atoms with E-state index in [2.05, 4.69) is 30.6 Å². The topological polar surface area (TPSA) is 162 Å². The third-order valence-corrected chi connectivity index (χ3v) is 2.11. The van der Waals surface area contributed by atoms with Crippen molar-refractivity contribution >= 4 is 17.7 Å². The SMILES string of the molecule is Nc1nonc1C(=O)NCCn1cc(C(=O)O)nn1. The normalized spacial score (nSPS) is 10.3. The van der Waals surface area contributed by atoms with E-state index in [9.17, 15) is 9.59 Å². The van der Waals surface area contributed by atoms with Crippen LogP contribution >= 0.6 is 0 Å². The number of rotatable bonds is 5. The van der Waals surface area contributed by atoms with Crippen molar-refractivity contribution in [1.29, 1.82) is 0 Å². The summed E-state index contributed by atoms with van der Waals surface area (Å²) < 4.78 is 5.57. The summed E-state index contributed by atoms with van der Waals surface area (Å²) in [5.41, 5.74) is 5.06. The molecule has 19 heavy (non-hydrogen) atoms. The number of carboxylic acid groups (broad SMARTS) is 1. The van der Waals surface area contributed by atoms with E-state index in [0.717, 1.165) is 0 Å². The minimum absolute atomic E-state index is 0.105. The summed E-state index contributed by atoms with van der Waals surface area (Å²) >= 11 is 0. The zero-order chi connectivity index (χ0) is 13.8. The number of nitrogens with zero attached hydrogens (tertiary/aromatic N) is 5. The summed E-state index contributed by atoms with van der Waals surface area (Å²) in [4.78, 5) is 22.1. The van der Waals surface area contributed by atoms with Gasteiger partial charge in [-0.25, -0.2) is 14.1 Å². The first-order valence-corrected chi connectivity index (χ1v) is 5.07. The molecule has 2 rings (SSSR count). The van der Waals surface area contributed by atoms with Gasteiger partial charge in [-0.1, -0.05) is 5.21 Å². The summed E-state index contributed by atoms with van der Waals surface area (Å²) in [6, 6.07) is 0. The lowest BCUT2D eigenvalue weighted by Gasteiger charge is -2.02. The molecule has 0 aliphatic carbocycles. The molecule has 2 aromatic heterocycles. The van der Waals surface area contributed by atoms with Gasteiger partial charge in [0.05, 0.1) is 12.7 Å². The van der Waals surface area contributed by atoms with Gasteiger partial charge in [-0.3, -0.25) is 4.79 Å². The summed E-state index contributed by atoms with van der Waals surface area (Å²) in [6.07, 6.45) is 1.25. The van der Waals surface area contributed by atoms with Crippen LogP contribution in [0.3, 0.4) is 0 Å². The summed E-state index contributed by atoms with van der Waals surface area (Å²) in [6.45, 7) is 0.435. The Balaban J connectivity index is 1.85. The molecule has 0 radical (unpaired) electrons. The lowest BCUT2D eigenvalue weighted by atomic mass is 10.4. The molecule has 1 amide bonds. The summed E-state index contributed by atoms with van der Waals surface area (Å²) in [5, 5.41) is 24.7. The van der Waals surface area contributed by atoms with Gasteiger partial charge in [0, 0.05) is 6.54 Å². The highest BCUT2D eigenvalue weighted by Crippen LogP contribution is 2.02. The Morgan fingerprint density at radius 1 is 1.47 bits per heavy atom. The van der Waals surface area contributed by atoms with E-state index in [-0.39, 0.29) is 30.3 Å². The number of nitrogens with one attached hydrogen (secondary N) is 1. The molecule has 0 atom stereocenters. The van der Waals surface area contributed by atoms with Crippen molar-refractivity contribution in [3.8, 4) is 0 Å². The molecule has 4 N–H and O–H groups in total. The third kappa shape index (κ3) is 2.83. The Bertz CT molecular complexity index is 604. The van der Waals surface area contributed by atoms with Crippen molar-refractivity contribution in [3.63, 3.8) is 0 Å². The highest BCUT2D eigenvalue weighted by molar-refractivity contribution is 5.95. The Kier molecular flexibility index (Phi) is 3.36. The first kappa shape index (κ1) is 12.5. The number of amides is 1. The minimum atomic E-state index is -1.17. The van der Waals surface area contributed by atoms with Crippen LogP contribution in [0.1, 0.15) is 21.0 Å². The number of carbonyl (C=O) groups excluding carboxylic acids is 1. The molecule has 0 spiro atoms. The fourth-order valence-electron chi connectivity index (χ4n) is 1.23. The number of aromatic nitrogens is 5. The van der Waals surface area contributed by atoms with Crippen LogP contribution in [0, 0.1) is 0 Å². The largest absolute Gasteiger partial charge is 0.476 e. The fourth-order valence-corrected chi connectivity index (χ4v) is 1.23. The van der Waals surface area contributed by atoms with E-state index in [1.165, 1.54) is 10.9 Å². The second kappa shape index (κ2) is 5.12. The van der Waals surface area contributed by atoms with E-state index in [0.29, 0.717) is 0 Å². The molecule has 100 valence electrons. The van der Waals surface area contributed by atoms with Crippen molar-refractivity contribution in [2.75, 3.05) is 12.3 Å². The smallest absolute Gasteiger partial charge is 0.358 e. The number of hydrogen-bond donors (Lipinski definition) is 3. The lowest BCUT2D eigenvalue weighted by Crippen LogP contribution is -2.28. The van der Waals surface area contributed by atoms with Crippen LogP contribution in [0.4, 0.5) is 5.82 Å². The number of hydrogen-bond acceptors (Lipinski definition) is 8. The Labute approximate surface area is 105 Å². The standard InChI is InChI=1S/C8H9N7O4/c9-6-5(12-19-13-6)7(16)10-1-2-15-3-4(8(17)18)11-14-15/h3H,1-2H2,(H2,9,13)(H,10,16)(H,17,18). The van der Waals surface area contributed by atoms with Crippen LogP contribution in [-0.4, -0.2) is 48.8 Å². The van der Waals surface area contributed by atoms with Gasteiger partial charge in [-0.15, -0.1) is 5.10 Å². The molecule has 0 fully saturated rings. The second-order valence-electron chi connectivity index (χ2n) is 3.43. The molecular formula is C8H9N7O4. The van der Waals surface area contributed by atoms with Gasteiger partial charge in [0.25, 0.3) is 5.91 Å². The quantitative estimate of drug-likeness (QED) is 0.577. The zero-order valence-corrected chi connectivity index (χ0v) is 9.48. The van der Waals surface area contributed by atoms with Crippen LogP contribution in [-0.2, 0) is 6.54 Å². The highest BCUT2D eigenvalue weighted by Gasteiger charge is 2.15. The fraction of sp³-hybridized carbons (Fsp3) is 0.250. The number of carbonyl (C=O) groups is 2. The van der Waals surface area contributed by atoms with Crippen molar-refractivity contribution in [3.05, 3.63) is 17.6 Å². The molecular weight excluding hydrogens is 258 g/mol. The first-order valence-electron chi connectivity index (χ1n) is 5.07. The van der Waals surface area contributed by atoms with Gasteiger partial charge in [0.2, 0.25) is 11.5 Å². The number of anilines is 1. The van der Waals surface area contributed by atoms with E-state index in [1.54, 1.807) is 0 Å². The molecule has 0 saturated heterocycles. The molecule has 0 unspecified atom stereocenters. The highest BCUT2D eigenvalue weighted by atomic mass is 16.6. The predicted molar refractivity (Wildman–Crippen MR) is 58.0 cm³/mol. The van der Waals surface area contributed by atoms with Crippen molar-refractivity contribution in [2.24, 2.45) is 0 Å². The van der Waals surface area contributed by atoms with Crippen molar-refractivity contribution < 1.29 is 19.3 Å². The molecule has 0 aromatic carbocycles. The summed E-state index contributed by atoms with van der Waals surface area (Å²) in [5.74, 6) is -1.82. The average molecular weight is 267 g/mol. The third-order valence-electron chi connectivity index (χ3n) is 2.11. The van der Waals surface area contributed by atoms with Gasteiger partial charge in [-0.05, 0) is 10.3 Å². The molecule has 0 aliphatic heterocycles. The molecule has 2 heterocycles. The van der Waals surface area contributed by atoms with E-state index < -0.39 is 11.9 Å². The van der Waals surface area contributed by atoms with Crippen LogP contribution < -0.4 is 11.1 Å². The molecule has 11 nitrogen and oxygen atoms in total. The Morgan fingerprint density at radius 3 is 2.84 bits per heavy atom. The van der Waals surface area contributed by atoms with Crippen LogP contribution in [0.25, 0.3) is 0 Å². The zero-order valence-electron chi connectivity index (χ0n) is 9.48. The van der Waals surface area contributed by atoms with Crippen LogP contribution in [0.2, 0.25) is 0 Å². The first-order chi connectivity index (χ1) is 9.08. The van der Waals surface area contributed by atoms with Crippen LogP contribution in [0.15, 0.2) is 10.8 Å². The summed E-state index contributed by atoms with van der Waals surface area (Å²) in [7, 11) is 0. The lowest BCUT2D eigenvalue weighted by molar-refractivity contribution is 0.0690. The van der Waals surface area contributed by atoms with Gasteiger partial charge < -0.3 is 16.2 Å². The average Bonchev–Trinajstić information content (AvgIpc) is 2.97. The maximum absolute atomic E-state index is 11.5. The van der Waals surface area contributed by atoms with Crippen molar-refractivity contribution in [2.45, 2.75) is 6.54 Å². The van der Waals surface area contributed by atoms with Crippen LogP contribution in [0.5, 0.6) is 0 Å². The molecule has 0 saturated carbocycles. The van der Waals surface area contributed by atoms with Gasteiger partial charge >= 0.3 is 5.97 Å². The van der Waals surface area contributed by atoms with Gasteiger partial charge in [0.1, 0.15) is 0 Å². The number of aromatic carboxylic acids is 1. The minimum Gasteiger partial charge on any atom is -0.476 e. The Morgan fingerprint density at radius 2 is 2.26 bits per heavy atom. The molecule has 11 heteroatoms. The van der Waals surface area contributed by atoms with E-state index in [4.69, 9.17) is 10.8 Å². The Hall–Kier alpha value is -2.98. The van der Waals surface area contributed by atoms with Gasteiger partial charge in [0.15, 0.2) is 5.69 Å². The second-order valence-corrected chi connectivity index (χ2v) is 3.43. The number of nitrogens with two attached hydrogens (primary N) is 1. The number of carboxylic acids is 1. The van der Waals surface area contributed by atoms with Gasteiger partial charge in [-0.2, -0.15) is 0 Å². The van der Waals surface area contributed by atoms with Crippen molar-refractivity contribution in [1.82, 2.24) is 30.6 Å². The maximum atomic E-state index is 11.5. The molecule has 0 aliphatic rings. The maximum Gasteiger partial charge on any atom is 0.358 e. The molecule has 2 aromatic rings. The van der Waals surface area contributed by atoms with E-state index in [1.807, 2.05) is 0 Å². The number of nitrogen functional groups attached to an aromatic ring is 1.